The quantitative estimate of drug-likeness (QED) is 0.822. The van der Waals surface area contributed by atoms with Gasteiger partial charge in [-0.1, -0.05) is 17.7 Å². The second-order valence-electron chi connectivity index (χ2n) is 4.62. The zero-order chi connectivity index (χ0) is 15.9. The number of anilines is 1. The number of rotatable bonds is 7. The monoisotopic (exact) mass is 321 g/mol. The second kappa shape index (κ2) is 7.80. The molecule has 0 aliphatic heterocycles. The van der Waals surface area contributed by atoms with Crippen LogP contribution in [0.15, 0.2) is 36.4 Å². The highest BCUT2D eigenvalue weighted by molar-refractivity contribution is 6.32. The van der Waals surface area contributed by atoms with Crippen molar-refractivity contribution < 1.29 is 14.2 Å². The molecule has 2 aromatic carbocycles. The maximum Gasteiger partial charge on any atom is 0.161 e. The van der Waals surface area contributed by atoms with Gasteiger partial charge in [-0.25, -0.2) is 0 Å². The smallest absolute Gasteiger partial charge is 0.161 e. The van der Waals surface area contributed by atoms with Gasteiger partial charge in [0, 0.05) is 12.2 Å². The van der Waals surface area contributed by atoms with E-state index in [0.717, 1.165) is 22.7 Å². The van der Waals surface area contributed by atoms with Crippen LogP contribution in [0, 0.1) is 0 Å². The summed E-state index contributed by atoms with van der Waals surface area (Å²) in [6.45, 7) is 3.21. The Labute approximate surface area is 136 Å². The number of hydrogen-bond donors (Lipinski definition) is 1. The van der Waals surface area contributed by atoms with Crippen LogP contribution in [0.2, 0.25) is 5.02 Å². The molecule has 5 heteroatoms. The molecular weight excluding hydrogens is 302 g/mol. The first-order chi connectivity index (χ1) is 10.7. The van der Waals surface area contributed by atoms with Crippen LogP contribution in [-0.4, -0.2) is 20.8 Å². The molecule has 118 valence electrons. The molecule has 0 aromatic heterocycles. The fourth-order valence-electron chi connectivity index (χ4n) is 2.08. The summed E-state index contributed by atoms with van der Waals surface area (Å²) in [6.07, 6.45) is 0. The van der Waals surface area contributed by atoms with Crippen molar-refractivity contribution in [2.75, 3.05) is 26.1 Å². The van der Waals surface area contributed by atoms with Crippen LogP contribution in [0.3, 0.4) is 0 Å². The number of methoxy groups -OCH3 is 2. The van der Waals surface area contributed by atoms with Gasteiger partial charge in [0.1, 0.15) is 5.75 Å². The van der Waals surface area contributed by atoms with Gasteiger partial charge in [-0.3, -0.25) is 0 Å². The van der Waals surface area contributed by atoms with Gasteiger partial charge in [-0.2, -0.15) is 0 Å². The van der Waals surface area contributed by atoms with Crippen molar-refractivity contribution in [1.29, 1.82) is 0 Å². The van der Waals surface area contributed by atoms with Crippen LogP contribution >= 0.6 is 11.6 Å². The van der Waals surface area contributed by atoms with Crippen molar-refractivity contribution in [3.63, 3.8) is 0 Å². The van der Waals surface area contributed by atoms with Gasteiger partial charge in [0.05, 0.1) is 25.8 Å². The predicted molar refractivity (Wildman–Crippen MR) is 89.5 cm³/mol. The van der Waals surface area contributed by atoms with E-state index in [4.69, 9.17) is 25.8 Å². The van der Waals surface area contributed by atoms with Crippen molar-refractivity contribution in [3.05, 3.63) is 47.0 Å². The summed E-state index contributed by atoms with van der Waals surface area (Å²) in [6, 6.07) is 11.5. The highest BCUT2D eigenvalue weighted by Crippen LogP contribution is 2.30. The van der Waals surface area contributed by atoms with Gasteiger partial charge in [-0.15, -0.1) is 0 Å². The maximum absolute atomic E-state index is 6.12. The van der Waals surface area contributed by atoms with Crippen molar-refractivity contribution in [2.45, 2.75) is 13.5 Å². The zero-order valence-electron chi connectivity index (χ0n) is 13.0. The Morgan fingerprint density at radius 3 is 2.32 bits per heavy atom. The minimum Gasteiger partial charge on any atom is -0.495 e. The van der Waals surface area contributed by atoms with E-state index in [1.54, 1.807) is 14.2 Å². The number of hydrogen-bond acceptors (Lipinski definition) is 4. The van der Waals surface area contributed by atoms with Gasteiger partial charge in [0.15, 0.2) is 11.5 Å². The minimum atomic E-state index is 0.581. The molecule has 0 fully saturated rings. The second-order valence-corrected chi connectivity index (χ2v) is 5.03. The fraction of sp³-hybridized carbons (Fsp3) is 0.294. The summed E-state index contributed by atoms with van der Waals surface area (Å²) < 4.78 is 16.0. The number of halogens is 1. The molecule has 2 aromatic rings. The molecule has 0 heterocycles. The molecule has 0 unspecified atom stereocenters. The lowest BCUT2D eigenvalue weighted by Crippen LogP contribution is -2.01. The summed E-state index contributed by atoms with van der Waals surface area (Å²) in [5, 5.41) is 3.90. The molecular formula is C17H20ClNO3. The van der Waals surface area contributed by atoms with E-state index in [2.05, 4.69) is 5.32 Å². The molecule has 0 amide bonds. The van der Waals surface area contributed by atoms with Crippen molar-refractivity contribution in [1.82, 2.24) is 0 Å². The van der Waals surface area contributed by atoms with Gasteiger partial charge in [0.25, 0.3) is 0 Å². The van der Waals surface area contributed by atoms with Crippen molar-refractivity contribution in [2.24, 2.45) is 0 Å². The maximum atomic E-state index is 6.12. The van der Waals surface area contributed by atoms with Gasteiger partial charge in [0.2, 0.25) is 0 Å². The molecule has 0 spiro atoms. The van der Waals surface area contributed by atoms with Crippen molar-refractivity contribution in [3.8, 4) is 17.2 Å². The SMILES string of the molecule is CCOc1cc(CNc2ccc(OC)c(Cl)c2)ccc1OC. The van der Waals surface area contributed by atoms with E-state index in [0.29, 0.717) is 23.9 Å². The Hall–Kier alpha value is -2.07. The third kappa shape index (κ3) is 3.98. The van der Waals surface area contributed by atoms with E-state index in [1.165, 1.54) is 0 Å². The number of ether oxygens (including phenoxy) is 3. The molecule has 0 bridgehead atoms. The third-order valence-corrected chi connectivity index (χ3v) is 3.47. The lowest BCUT2D eigenvalue weighted by molar-refractivity contribution is 0.310. The average molecular weight is 322 g/mol. The van der Waals surface area contributed by atoms with E-state index >= 15 is 0 Å². The van der Waals surface area contributed by atoms with Crippen LogP contribution in [0.4, 0.5) is 5.69 Å². The topological polar surface area (TPSA) is 39.7 Å². The molecule has 4 nitrogen and oxygen atoms in total. The molecule has 0 aliphatic rings. The Morgan fingerprint density at radius 1 is 0.955 bits per heavy atom. The Bertz CT molecular complexity index is 631. The third-order valence-electron chi connectivity index (χ3n) is 3.18. The van der Waals surface area contributed by atoms with Crippen LogP contribution in [0.5, 0.6) is 17.2 Å². The van der Waals surface area contributed by atoms with Crippen LogP contribution in [-0.2, 0) is 6.54 Å². The van der Waals surface area contributed by atoms with E-state index in [1.807, 2.05) is 43.3 Å². The average Bonchev–Trinajstić information content (AvgIpc) is 2.53. The summed E-state index contributed by atoms with van der Waals surface area (Å²) in [5.74, 6) is 2.14. The van der Waals surface area contributed by atoms with Crippen LogP contribution in [0.25, 0.3) is 0 Å². The molecule has 0 aliphatic carbocycles. The molecule has 1 N–H and O–H groups in total. The normalized spacial score (nSPS) is 10.2. The summed E-state index contributed by atoms with van der Waals surface area (Å²) >= 11 is 6.12. The highest BCUT2D eigenvalue weighted by Gasteiger charge is 2.06. The van der Waals surface area contributed by atoms with Gasteiger partial charge < -0.3 is 19.5 Å². The first-order valence-electron chi connectivity index (χ1n) is 7.05. The number of benzene rings is 2. The van der Waals surface area contributed by atoms with Crippen LogP contribution in [0.1, 0.15) is 12.5 Å². The molecule has 0 radical (unpaired) electrons. The lowest BCUT2D eigenvalue weighted by atomic mass is 10.2. The first-order valence-corrected chi connectivity index (χ1v) is 7.42. The standard InChI is InChI=1S/C17H20ClNO3/c1-4-22-17-9-12(5-7-16(17)21-3)11-19-13-6-8-15(20-2)14(18)10-13/h5-10,19H,4,11H2,1-3H3. The minimum absolute atomic E-state index is 0.581. The molecule has 0 saturated carbocycles. The Balaban J connectivity index is 2.07. The van der Waals surface area contributed by atoms with Gasteiger partial charge >= 0.3 is 0 Å². The molecule has 2 rings (SSSR count). The van der Waals surface area contributed by atoms with E-state index in [9.17, 15) is 0 Å². The first kappa shape index (κ1) is 16.3. The van der Waals surface area contributed by atoms with Crippen LogP contribution < -0.4 is 19.5 Å². The molecule has 0 saturated heterocycles. The van der Waals surface area contributed by atoms with Gasteiger partial charge in [-0.05, 0) is 42.8 Å². The summed E-state index contributed by atoms with van der Waals surface area (Å²) in [7, 11) is 3.23. The number of nitrogens with one attached hydrogen (secondary N) is 1. The van der Waals surface area contributed by atoms with Crippen molar-refractivity contribution >= 4 is 17.3 Å². The summed E-state index contributed by atoms with van der Waals surface area (Å²) in [5.41, 5.74) is 2.02. The molecule has 0 atom stereocenters. The lowest BCUT2D eigenvalue weighted by Gasteiger charge is -2.12. The Morgan fingerprint density at radius 2 is 1.68 bits per heavy atom. The summed E-state index contributed by atoms with van der Waals surface area (Å²) in [4.78, 5) is 0. The fourth-order valence-corrected chi connectivity index (χ4v) is 2.34. The highest BCUT2D eigenvalue weighted by atomic mass is 35.5. The predicted octanol–water partition coefficient (Wildman–Crippen LogP) is 4.37. The largest absolute Gasteiger partial charge is 0.495 e. The zero-order valence-corrected chi connectivity index (χ0v) is 13.7. The Kier molecular flexibility index (Phi) is 5.78. The van der Waals surface area contributed by atoms with E-state index in [-0.39, 0.29) is 0 Å². The van der Waals surface area contributed by atoms with E-state index < -0.39 is 0 Å². The molecule has 22 heavy (non-hydrogen) atoms.